The minimum atomic E-state index is -0.496. The maximum Gasteiger partial charge on any atom is 0.141 e. The summed E-state index contributed by atoms with van der Waals surface area (Å²) < 4.78 is 32.0. The van der Waals surface area contributed by atoms with E-state index in [4.69, 9.17) is 27.9 Å². The van der Waals surface area contributed by atoms with E-state index in [9.17, 15) is 8.78 Å². The van der Waals surface area contributed by atoms with Crippen LogP contribution in [0, 0.1) is 23.5 Å². The molecule has 0 aromatic heterocycles. The van der Waals surface area contributed by atoms with Crippen LogP contribution in [0.2, 0.25) is 5.02 Å². The van der Waals surface area contributed by atoms with Gasteiger partial charge in [0.2, 0.25) is 0 Å². The lowest BCUT2D eigenvalue weighted by molar-refractivity contribution is 0.304. The second kappa shape index (κ2) is 7.31. The van der Waals surface area contributed by atoms with Crippen molar-refractivity contribution in [2.24, 2.45) is 0 Å². The lowest BCUT2D eigenvalue weighted by atomic mass is 10.2. The molecule has 0 aliphatic rings. The van der Waals surface area contributed by atoms with Crippen LogP contribution in [0.5, 0.6) is 5.75 Å². The van der Waals surface area contributed by atoms with Gasteiger partial charge in [0.1, 0.15) is 24.0 Å². The van der Waals surface area contributed by atoms with Crippen LogP contribution in [0.15, 0.2) is 36.4 Å². The van der Waals surface area contributed by atoms with Gasteiger partial charge >= 0.3 is 0 Å². The quantitative estimate of drug-likeness (QED) is 0.582. The highest BCUT2D eigenvalue weighted by Gasteiger charge is 2.04. The normalized spacial score (nSPS) is 9.90. The molecule has 5 heteroatoms. The summed E-state index contributed by atoms with van der Waals surface area (Å²) in [6.07, 6.45) is 0. The van der Waals surface area contributed by atoms with Crippen LogP contribution in [0.4, 0.5) is 8.78 Å². The smallest absolute Gasteiger partial charge is 0.141 e. The molecule has 21 heavy (non-hydrogen) atoms. The van der Waals surface area contributed by atoms with E-state index in [0.717, 1.165) is 0 Å². The van der Waals surface area contributed by atoms with Crippen molar-refractivity contribution < 1.29 is 13.5 Å². The first kappa shape index (κ1) is 15.6. The summed E-state index contributed by atoms with van der Waals surface area (Å²) >= 11 is 11.1. The molecule has 2 aromatic carbocycles. The molecular formula is C16H10Cl2F2O. The van der Waals surface area contributed by atoms with Crippen molar-refractivity contribution in [3.63, 3.8) is 0 Å². The van der Waals surface area contributed by atoms with Crippen molar-refractivity contribution in [1.29, 1.82) is 0 Å². The van der Waals surface area contributed by atoms with E-state index in [1.54, 1.807) is 12.1 Å². The van der Waals surface area contributed by atoms with Crippen molar-refractivity contribution in [3.05, 3.63) is 64.2 Å². The standard InChI is InChI=1S/C16H10Cl2F2O/c17-5-1-2-11-6-13(19)9-14(7-11)21-10-12-3-4-16(20)15(18)8-12/h3-4,6-9H,5,10H2. The van der Waals surface area contributed by atoms with Crippen LogP contribution in [-0.2, 0) is 6.61 Å². The third-order valence-electron chi connectivity index (χ3n) is 2.56. The third kappa shape index (κ3) is 4.63. The minimum Gasteiger partial charge on any atom is -0.489 e. The zero-order valence-electron chi connectivity index (χ0n) is 10.8. The number of halogens is 4. The highest BCUT2D eigenvalue weighted by Crippen LogP contribution is 2.20. The molecule has 0 amide bonds. The molecule has 2 aromatic rings. The molecule has 0 aliphatic heterocycles. The predicted octanol–water partition coefficient (Wildman–Crippen LogP) is 4.79. The molecule has 0 N–H and O–H groups in total. The Hall–Kier alpha value is -1.76. The molecule has 0 unspecified atom stereocenters. The Kier molecular flexibility index (Phi) is 5.44. The van der Waals surface area contributed by atoms with E-state index in [1.807, 2.05) is 0 Å². The summed E-state index contributed by atoms with van der Waals surface area (Å²) in [7, 11) is 0. The fourth-order valence-electron chi connectivity index (χ4n) is 1.65. The molecule has 0 atom stereocenters. The minimum absolute atomic E-state index is 0.0176. The van der Waals surface area contributed by atoms with Crippen LogP contribution in [0.1, 0.15) is 11.1 Å². The van der Waals surface area contributed by atoms with E-state index in [2.05, 4.69) is 11.8 Å². The number of benzene rings is 2. The lowest BCUT2D eigenvalue weighted by Gasteiger charge is -2.07. The number of rotatable bonds is 3. The van der Waals surface area contributed by atoms with E-state index in [-0.39, 0.29) is 17.5 Å². The fourth-order valence-corrected chi connectivity index (χ4v) is 1.92. The molecule has 108 valence electrons. The molecule has 1 nitrogen and oxygen atoms in total. The van der Waals surface area contributed by atoms with Crippen molar-refractivity contribution in [2.75, 3.05) is 5.88 Å². The largest absolute Gasteiger partial charge is 0.489 e. The first-order valence-electron chi connectivity index (χ1n) is 6.00. The Labute approximate surface area is 131 Å². The van der Waals surface area contributed by atoms with Gasteiger partial charge < -0.3 is 4.74 Å². The molecule has 0 heterocycles. The van der Waals surface area contributed by atoms with Gasteiger partial charge in [-0.15, -0.1) is 11.6 Å². The highest BCUT2D eigenvalue weighted by atomic mass is 35.5. The Morgan fingerprint density at radius 2 is 1.90 bits per heavy atom. The third-order valence-corrected chi connectivity index (χ3v) is 2.98. The molecule has 0 radical (unpaired) electrons. The van der Waals surface area contributed by atoms with Crippen molar-refractivity contribution in [2.45, 2.75) is 6.61 Å². The molecule has 0 aliphatic carbocycles. The van der Waals surface area contributed by atoms with Gasteiger partial charge in [0, 0.05) is 11.6 Å². The first-order valence-corrected chi connectivity index (χ1v) is 6.92. The maximum atomic E-state index is 13.4. The van der Waals surface area contributed by atoms with E-state index >= 15 is 0 Å². The summed E-state index contributed by atoms with van der Waals surface area (Å²) in [5.74, 6) is 4.90. The molecular weight excluding hydrogens is 317 g/mol. The fraction of sp³-hybridized carbons (Fsp3) is 0.125. The summed E-state index contributed by atoms with van der Waals surface area (Å²) in [4.78, 5) is 0. The second-order valence-electron chi connectivity index (χ2n) is 4.15. The molecule has 0 saturated carbocycles. The number of hydrogen-bond acceptors (Lipinski definition) is 1. The van der Waals surface area contributed by atoms with Gasteiger partial charge in [-0.2, -0.15) is 0 Å². The number of alkyl halides is 1. The van der Waals surface area contributed by atoms with E-state index in [0.29, 0.717) is 16.9 Å². The monoisotopic (exact) mass is 326 g/mol. The second-order valence-corrected chi connectivity index (χ2v) is 4.82. The first-order chi connectivity index (χ1) is 10.1. The van der Waals surface area contributed by atoms with Crippen molar-refractivity contribution in [1.82, 2.24) is 0 Å². The van der Waals surface area contributed by atoms with Crippen LogP contribution < -0.4 is 4.74 Å². The van der Waals surface area contributed by atoms with E-state index < -0.39 is 11.6 Å². The van der Waals surface area contributed by atoms with Gasteiger partial charge in [-0.3, -0.25) is 0 Å². The molecule has 0 saturated heterocycles. The van der Waals surface area contributed by atoms with Crippen LogP contribution in [0.3, 0.4) is 0 Å². The average molecular weight is 327 g/mol. The maximum absolute atomic E-state index is 13.4. The predicted molar refractivity (Wildman–Crippen MR) is 79.7 cm³/mol. The molecule has 0 bridgehead atoms. The Morgan fingerprint density at radius 1 is 1.10 bits per heavy atom. The van der Waals surface area contributed by atoms with Gasteiger partial charge in [-0.25, -0.2) is 8.78 Å². The van der Waals surface area contributed by atoms with Crippen molar-refractivity contribution >= 4 is 23.2 Å². The van der Waals surface area contributed by atoms with Gasteiger partial charge in [0.25, 0.3) is 0 Å². The summed E-state index contributed by atoms with van der Waals surface area (Å²) in [6, 6.07) is 8.41. The molecule has 0 spiro atoms. The van der Waals surface area contributed by atoms with Crippen LogP contribution in [-0.4, -0.2) is 5.88 Å². The zero-order valence-corrected chi connectivity index (χ0v) is 12.3. The average Bonchev–Trinajstić information content (AvgIpc) is 2.46. The Bertz CT molecular complexity index is 705. The highest BCUT2D eigenvalue weighted by molar-refractivity contribution is 6.30. The topological polar surface area (TPSA) is 9.23 Å². The summed E-state index contributed by atoms with van der Waals surface area (Å²) in [5, 5.41) is 0.0176. The molecule has 0 fully saturated rings. The number of hydrogen-bond donors (Lipinski definition) is 0. The van der Waals surface area contributed by atoms with Crippen LogP contribution in [0.25, 0.3) is 0 Å². The zero-order chi connectivity index (χ0) is 15.2. The van der Waals surface area contributed by atoms with Gasteiger partial charge in [-0.1, -0.05) is 29.5 Å². The van der Waals surface area contributed by atoms with Gasteiger partial charge in [0.05, 0.1) is 10.9 Å². The molecule has 2 rings (SSSR count). The number of ether oxygens (including phenoxy) is 1. The lowest BCUT2D eigenvalue weighted by Crippen LogP contribution is -1.97. The Morgan fingerprint density at radius 3 is 2.62 bits per heavy atom. The SMILES string of the molecule is Fc1cc(C#CCCl)cc(OCc2ccc(F)c(Cl)c2)c1. The van der Waals surface area contributed by atoms with Gasteiger partial charge in [-0.05, 0) is 29.8 Å². The Balaban J connectivity index is 2.12. The summed E-state index contributed by atoms with van der Waals surface area (Å²) in [6.45, 7) is 0.145. The van der Waals surface area contributed by atoms with Gasteiger partial charge in [0.15, 0.2) is 0 Å². The van der Waals surface area contributed by atoms with E-state index in [1.165, 1.54) is 24.3 Å². The van der Waals surface area contributed by atoms with Crippen molar-refractivity contribution in [3.8, 4) is 17.6 Å². The summed E-state index contributed by atoms with van der Waals surface area (Å²) in [5.41, 5.74) is 1.15. The van der Waals surface area contributed by atoms with Crippen LogP contribution >= 0.6 is 23.2 Å².